The molecule has 0 heterocycles. The first-order chi connectivity index (χ1) is 9.74. The highest BCUT2D eigenvalue weighted by molar-refractivity contribution is 6.31. The molecule has 1 fully saturated rings. The Bertz CT molecular complexity index is 570. The fourth-order valence-corrected chi connectivity index (χ4v) is 2.44. The Hall–Kier alpha value is -1.66. The van der Waals surface area contributed by atoms with Crippen molar-refractivity contribution < 1.29 is 24.2 Å². The summed E-state index contributed by atoms with van der Waals surface area (Å²) in [6, 6.07) is 4.33. The average molecular weight is 316 g/mol. The van der Waals surface area contributed by atoms with E-state index in [0.29, 0.717) is 12.0 Å². The molecule has 1 aromatic carbocycles. The quantitative estimate of drug-likeness (QED) is 0.769. The van der Waals surface area contributed by atoms with Crippen LogP contribution in [0.4, 0.5) is 4.39 Å². The smallest absolute Gasteiger partial charge is 0.337 e. The van der Waals surface area contributed by atoms with Crippen molar-refractivity contribution in [1.82, 2.24) is 5.32 Å². The SMILES string of the molecule is CC(O)(CNC(=O)C1CC1c1c(F)cccc1Cl)C(=O)O. The fourth-order valence-electron chi connectivity index (χ4n) is 2.13. The van der Waals surface area contributed by atoms with Crippen LogP contribution < -0.4 is 5.32 Å². The highest BCUT2D eigenvalue weighted by Crippen LogP contribution is 2.50. The Morgan fingerprint density at radius 3 is 2.76 bits per heavy atom. The van der Waals surface area contributed by atoms with Crippen LogP contribution in [0.15, 0.2) is 18.2 Å². The van der Waals surface area contributed by atoms with E-state index in [4.69, 9.17) is 16.7 Å². The molecule has 0 spiro atoms. The van der Waals surface area contributed by atoms with Crippen LogP contribution in [0.3, 0.4) is 0 Å². The Labute approximate surface area is 125 Å². The summed E-state index contributed by atoms with van der Waals surface area (Å²) < 4.78 is 13.7. The zero-order valence-electron chi connectivity index (χ0n) is 11.3. The van der Waals surface area contributed by atoms with Crippen LogP contribution in [0.1, 0.15) is 24.8 Å². The van der Waals surface area contributed by atoms with Gasteiger partial charge in [-0.05, 0) is 25.5 Å². The summed E-state index contributed by atoms with van der Waals surface area (Å²) in [6.07, 6.45) is 0.446. The van der Waals surface area contributed by atoms with Gasteiger partial charge in [0.2, 0.25) is 5.91 Å². The molecule has 7 heteroatoms. The van der Waals surface area contributed by atoms with Crippen molar-refractivity contribution in [2.24, 2.45) is 5.92 Å². The molecule has 1 aliphatic carbocycles. The van der Waals surface area contributed by atoms with Crippen LogP contribution in [0.5, 0.6) is 0 Å². The van der Waals surface area contributed by atoms with Gasteiger partial charge in [0.05, 0.1) is 6.54 Å². The molecule has 1 amide bonds. The topological polar surface area (TPSA) is 86.6 Å². The first-order valence-electron chi connectivity index (χ1n) is 6.41. The number of carbonyl (C=O) groups is 2. The van der Waals surface area contributed by atoms with Crippen LogP contribution in [-0.2, 0) is 9.59 Å². The lowest BCUT2D eigenvalue weighted by atomic mass is 10.1. The van der Waals surface area contributed by atoms with Crippen LogP contribution in [-0.4, -0.2) is 34.2 Å². The average Bonchev–Trinajstić information content (AvgIpc) is 3.16. The van der Waals surface area contributed by atoms with Gasteiger partial charge in [-0.15, -0.1) is 0 Å². The maximum atomic E-state index is 13.7. The molecule has 0 aromatic heterocycles. The van der Waals surface area contributed by atoms with Crippen molar-refractivity contribution in [2.45, 2.75) is 24.9 Å². The number of amides is 1. The summed E-state index contributed by atoms with van der Waals surface area (Å²) in [5.41, 5.74) is -1.72. The molecule has 0 radical (unpaired) electrons. The summed E-state index contributed by atoms with van der Waals surface area (Å²) in [6.45, 7) is 0.684. The van der Waals surface area contributed by atoms with E-state index in [1.54, 1.807) is 6.07 Å². The molecular formula is C14H15ClFNO4. The van der Waals surface area contributed by atoms with Crippen molar-refractivity contribution in [2.75, 3.05) is 6.54 Å². The summed E-state index contributed by atoms with van der Waals surface area (Å²) in [4.78, 5) is 22.6. The number of rotatable bonds is 5. The van der Waals surface area contributed by atoms with Gasteiger partial charge in [0.15, 0.2) is 5.60 Å². The Morgan fingerprint density at radius 2 is 2.19 bits per heavy atom. The van der Waals surface area contributed by atoms with Crippen LogP contribution >= 0.6 is 11.6 Å². The van der Waals surface area contributed by atoms with Gasteiger partial charge in [0.25, 0.3) is 0 Å². The standard InChI is InChI=1S/C14H15ClFNO4/c1-14(21,13(19)20)6-17-12(18)8-5-7(8)11-9(15)3-2-4-10(11)16/h2-4,7-8,21H,5-6H2,1H3,(H,17,18)(H,19,20). The second-order valence-electron chi connectivity index (χ2n) is 5.38. The Balaban J connectivity index is 1.97. The zero-order chi connectivity index (χ0) is 15.8. The second-order valence-corrected chi connectivity index (χ2v) is 5.79. The van der Waals surface area contributed by atoms with E-state index >= 15 is 0 Å². The number of carboxylic acids is 1. The van der Waals surface area contributed by atoms with E-state index in [9.17, 15) is 19.1 Å². The summed E-state index contributed by atoms with van der Waals surface area (Å²) in [7, 11) is 0. The predicted molar refractivity (Wildman–Crippen MR) is 73.5 cm³/mol. The predicted octanol–water partition coefficient (Wildman–Crippen LogP) is 1.53. The number of aliphatic carboxylic acids is 1. The maximum Gasteiger partial charge on any atom is 0.337 e. The lowest BCUT2D eigenvalue weighted by Crippen LogP contribution is -2.47. The highest BCUT2D eigenvalue weighted by Gasteiger charge is 2.46. The number of hydrogen-bond acceptors (Lipinski definition) is 3. The van der Waals surface area contributed by atoms with Crippen molar-refractivity contribution in [1.29, 1.82) is 0 Å². The normalized spacial score (nSPS) is 23.2. The molecule has 1 saturated carbocycles. The van der Waals surface area contributed by atoms with Crippen molar-refractivity contribution in [3.63, 3.8) is 0 Å². The van der Waals surface area contributed by atoms with E-state index in [1.807, 2.05) is 0 Å². The number of hydrogen-bond donors (Lipinski definition) is 3. The van der Waals surface area contributed by atoms with Crippen LogP contribution in [0, 0.1) is 11.7 Å². The van der Waals surface area contributed by atoms with Crippen LogP contribution in [0.2, 0.25) is 5.02 Å². The minimum Gasteiger partial charge on any atom is -0.479 e. The molecule has 5 nitrogen and oxygen atoms in total. The number of aliphatic hydroxyl groups is 1. The number of carbonyl (C=O) groups excluding carboxylic acids is 1. The third-order valence-corrected chi connectivity index (χ3v) is 3.89. The third-order valence-electron chi connectivity index (χ3n) is 3.57. The van der Waals surface area contributed by atoms with Gasteiger partial charge in [0, 0.05) is 22.4 Å². The number of nitrogens with one attached hydrogen (secondary N) is 1. The van der Waals surface area contributed by atoms with Gasteiger partial charge >= 0.3 is 5.97 Å². The third kappa shape index (κ3) is 3.33. The summed E-state index contributed by atoms with van der Waals surface area (Å²) in [5, 5.41) is 20.9. The van der Waals surface area contributed by atoms with E-state index < -0.39 is 35.8 Å². The summed E-state index contributed by atoms with van der Waals surface area (Å²) in [5.74, 6) is -3.06. The highest BCUT2D eigenvalue weighted by atomic mass is 35.5. The molecule has 1 aromatic rings. The van der Waals surface area contributed by atoms with Crippen molar-refractivity contribution in [3.8, 4) is 0 Å². The molecular weight excluding hydrogens is 301 g/mol. The van der Waals surface area contributed by atoms with Crippen molar-refractivity contribution in [3.05, 3.63) is 34.6 Å². The van der Waals surface area contributed by atoms with E-state index in [1.165, 1.54) is 12.1 Å². The molecule has 3 atom stereocenters. The lowest BCUT2D eigenvalue weighted by Gasteiger charge is -2.18. The van der Waals surface area contributed by atoms with Crippen LogP contribution in [0.25, 0.3) is 0 Å². The summed E-state index contributed by atoms with van der Waals surface area (Å²) >= 11 is 5.94. The molecule has 0 saturated heterocycles. The molecule has 3 N–H and O–H groups in total. The van der Waals surface area contributed by atoms with Gasteiger partial charge in [0.1, 0.15) is 5.82 Å². The number of halogens is 2. The molecule has 0 bridgehead atoms. The van der Waals surface area contributed by atoms with Gasteiger partial charge in [-0.25, -0.2) is 9.18 Å². The Kier molecular flexibility index (Phi) is 4.20. The van der Waals surface area contributed by atoms with Gasteiger partial charge in [-0.1, -0.05) is 17.7 Å². The Morgan fingerprint density at radius 1 is 1.52 bits per heavy atom. The first kappa shape index (κ1) is 15.7. The van der Waals surface area contributed by atoms with Gasteiger partial charge in [-0.2, -0.15) is 0 Å². The molecule has 2 rings (SSSR count). The zero-order valence-corrected chi connectivity index (χ0v) is 12.0. The largest absolute Gasteiger partial charge is 0.479 e. The van der Waals surface area contributed by atoms with Crippen molar-refractivity contribution >= 4 is 23.5 Å². The van der Waals surface area contributed by atoms with E-state index in [-0.39, 0.29) is 10.9 Å². The van der Waals surface area contributed by atoms with Gasteiger partial charge < -0.3 is 15.5 Å². The molecule has 3 unspecified atom stereocenters. The minimum atomic E-state index is -2.03. The fraction of sp³-hybridized carbons (Fsp3) is 0.429. The number of benzene rings is 1. The molecule has 1 aliphatic rings. The van der Waals surface area contributed by atoms with E-state index in [2.05, 4.69) is 5.32 Å². The molecule has 0 aliphatic heterocycles. The minimum absolute atomic E-state index is 0.271. The second kappa shape index (κ2) is 5.61. The maximum absolute atomic E-state index is 13.7. The van der Waals surface area contributed by atoms with Gasteiger partial charge in [-0.3, -0.25) is 4.79 Å². The molecule has 21 heavy (non-hydrogen) atoms. The lowest BCUT2D eigenvalue weighted by molar-refractivity contribution is -0.156. The van der Waals surface area contributed by atoms with E-state index in [0.717, 1.165) is 6.92 Å². The first-order valence-corrected chi connectivity index (χ1v) is 6.79. The number of carboxylic acid groups (broad SMARTS) is 1. The molecule has 114 valence electrons. The monoisotopic (exact) mass is 315 g/mol.